The van der Waals surface area contributed by atoms with Crippen molar-refractivity contribution in [2.24, 2.45) is 0 Å². The molecule has 0 saturated carbocycles. The molecule has 0 aliphatic rings. The maximum atomic E-state index is 5.76. The molecule has 0 aliphatic heterocycles. The zero-order valence-electron chi connectivity index (χ0n) is 8.88. The minimum absolute atomic E-state index is 0.0848. The van der Waals surface area contributed by atoms with E-state index in [4.69, 9.17) is 16.3 Å². The number of aryl methyl sites for hydroxylation is 1. The molecule has 6 nitrogen and oxygen atoms in total. The fourth-order valence-corrected chi connectivity index (χ4v) is 1.29. The number of hydrogen-bond acceptors (Lipinski definition) is 5. The quantitative estimate of drug-likeness (QED) is 0.810. The molecule has 2 aromatic rings. The van der Waals surface area contributed by atoms with Gasteiger partial charge in [0.15, 0.2) is 0 Å². The molecule has 0 bridgehead atoms. The van der Waals surface area contributed by atoms with E-state index in [1.54, 1.807) is 6.20 Å². The molecule has 84 valence electrons. The van der Waals surface area contributed by atoms with Gasteiger partial charge in [-0.2, -0.15) is 20.1 Å². The molecule has 0 saturated heterocycles. The first-order chi connectivity index (χ1) is 7.69. The fourth-order valence-electron chi connectivity index (χ4n) is 1.14. The van der Waals surface area contributed by atoms with Gasteiger partial charge in [-0.15, -0.1) is 0 Å². The van der Waals surface area contributed by atoms with E-state index < -0.39 is 0 Å². The van der Waals surface area contributed by atoms with Crippen molar-refractivity contribution in [1.82, 2.24) is 24.7 Å². The van der Waals surface area contributed by atoms with Crippen molar-refractivity contribution in [2.45, 2.75) is 13.8 Å². The van der Waals surface area contributed by atoms with Crippen LogP contribution in [0.2, 0.25) is 5.28 Å². The Morgan fingerprint density at radius 1 is 1.38 bits per heavy atom. The standard InChI is InChI=1S/C9H10ClN5O/c1-3-16-9-12-7(10)11-8(13-9)15-5-4-6(2)14-15/h4-5H,3H2,1-2H3. The number of hydrogen-bond donors (Lipinski definition) is 0. The van der Waals surface area contributed by atoms with Crippen LogP contribution in [0.4, 0.5) is 0 Å². The Hall–Kier alpha value is -1.69. The maximum Gasteiger partial charge on any atom is 0.322 e. The molecule has 0 atom stereocenters. The lowest BCUT2D eigenvalue weighted by Crippen LogP contribution is -2.06. The van der Waals surface area contributed by atoms with Crippen LogP contribution < -0.4 is 4.74 Å². The predicted octanol–water partition coefficient (Wildman–Crippen LogP) is 1.42. The van der Waals surface area contributed by atoms with Gasteiger partial charge in [-0.3, -0.25) is 0 Å². The van der Waals surface area contributed by atoms with E-state index in [1.165, 1.54) is 4.68 Å². The lowest BCUT2D eigenvalue weighted by atomic mass is 10.5. The van der Waals surface area contributed by atoms with Crippen LogP contribution in [0, 0.1) is 6.92 Å². The molecule has 2 aromatic heterocycles. The topological polar surface area (TPSA) is 65.7 Å². The summed E-state index contributed by atoms with van der Waals surface area (Å²) in [6, 6.07) is 2.04. The molecule has 2 heterocycles. The second kappa shape index (κ2) is 4.44. The number of nitrogens with zero attached hydrogens (tertiary/aromatic N) is 5. The first-order valence-corrected chi connectivity index (χ1v) is 5.14. The first-order valence-electron chi connectivity index (χ1n) is 4.76. The summed E-state index contributed by atoms with van der Waals surface area (Å²) in [4.78, 5) is 11.9. The minimum Gasteiger partial charge on any atom is -0.464 e. The Morgan fingerprint density at radius 3 is 2.81 bits per heavy atom. The predicted molar refractivity (Wildman–Crippen MR) is 57.9 cm³/mol. The van der Waals surface area contributed by atoms with Crippen LogP contribution in [0.15, 0.2) is 12.3 Å². The van der Waals surface area contributed by atoms with Crippen LogP contribution in [0.1, 0.15) is 12.6 Å². The SMILES string of the molecule is CCOc1nc(Cl)nc(-n2ccc(C)n2)n1. The second-order valence-electron chi connectivity index (χ2n) is 3.02. The van der Waals surface area contributed by atoms with Crippen LogP contribution >= 0.6 is 11.6 Å². The van der Waals surface area contributed by atoms with Crippen LogP contribution in [0.25, 0.3) is 5.95 Å². The third kappa shape index (κ3) is 2.27. The van der Waals surface area contributed by atoms with Gasteiger partial charge in [0.05, 0.1) is 12.3 Å². The smallest absolute Gasteiger partial charge is 0.322 e. The summed E-state index contributed by atoms with van der Waals surface area (Å²) in [6.07, 6.45) is 1.75. The summed E-state index contributed by atoms with van der Waals surface area (Å²) in [5.74, 6) is 0.344. The van der Waals surface area contributed by atoms with Crippen molar-refractivity contribution >= 4 is 11.6 Å². The van der Waals surface area contributed by atoms with Crippen molar-refractivity contribution in [3.8, 4) is 12.0 Å². The molecule has 7 heteroatoms. The average molecular weight is 240 g/mol. The first kappa shape index (κ1) is 10.8. The number of halogens is 1. The third-order valence-corrected chi connectivity index (χ3v) is 1.95. The molecule has 0 N–H and O–H groups in total. The van der Waals surface area contributed by atoms with Gasteiger partial charge >= 0.3 is 6.01 Å². The Morgan fingerprint density at radius 2 is 2.19 bits per heavy atom. The highest BCUT2D eigenvalue weighted by atomic mass is 35.5. The summed E-state index contributed by atoms with van der Waals surface area (Å²) in [5.41, 5.74) is 0.870. The molecule has 0 radical (unpaired) electrons. The van der Waals surface area contributed by atoms with Crippen molar-refractivity contribution in [3.05, 3.63) is 23.2 Å². The van der Waals surface area contributed by atoms with Crippen molar-refractivity contribution in [3.63, 3.8) is 0 Å². The van der Waals surface area contributed by atoms with Crippen molar-refractivity contribution in [2.75, 3.05) is 6.61 Å². The van der Waals surface area contributed by atoms with Gasteiger partial charge in [0, 0.05) is 6.20 Å². The Kier molecular flexibility index (Phi) is 3.00. The molecule has 0 unspecified atom stereocenters. The zero-order chi connectivity index (χ0) is 11.5. The molecular weight excluding hydrogens is 230 g/mol. The van der Waals surface area contributed by atoms with Gasteiger partial charge in [-0.05, 0) is 31.5 Å². The molecule has 0 fully saturated rings. The molecule has 2 rings (SSSR count). The Bertz CT molecular complexity index is 498. The van der Waals surface area contributed by atoms with Gasteiger partial charge in [0.2, 0.25) is 5.28 Å². The maximum absolute atomic E-state index is 5.76. The molecule has 0 aromatic carbocycles. The van der Waals surface area contributed by atoms with E-state index in [-0.39, 0.29) is 11.3 Å². The van der Waals surface area contributed by atoms with Crippen LogP contribution in [-0.2, 0) is 0 Å². The molecular formula is C9H10ClN5O. The van der Waals surface area contributed by atoms with Gasteiger partial charge in [-0.25, -0.2) is 4.68 Å². The number of rotatable bonds is 3. The highest BCUT2D eigenvalue weighted by molar-refractivity contribution is 6.28. The lowest BCUT2D eigenvalue weighted by Gasteiger charge is -2.03. The zero-order valence-corrected chi connectivity index (χ0v) is 9.64. The van der Waals surface area contributed by atoms with E-state index in [0.29, 0.717) is 12.6 Å². The fraction of sp³-hybridized carbons (Fsp3) is 0.333. The van der Waals surface area contributed by atoms with E-state index in [0.717, 1.165) is 5.69 Å². The van der Waals surface area contributed by atoms with Crippen LogP contribution in [0.3, 0.4) is 0 Å². The summed E-state index contributed by atoms with van der Waals surface area (Å²) >= 11 is 5.76. The average Bonchev–Trinajstić information content (AvgIpc) is 2.64. The van der Waals surface area contributed by atoms with E-state index in [1.807, 2.05) is 19.9 Å². The summed E-state index contributed by atoms with van der Waals surface area (Å²) in [5, 5.41) is 4.26. The largest absolute Gasteiger partial charge is 0.464 e. The molecule has 16 heavy (non-hydrogen) atoms. The summed E-state index contributed by atoms with van der Waals surface area (Å²) in [7, 11) is 0. The van der Waals surface area contributed by atoms with E-state index >= 15 is 0 Å². The van der Waals surface area contributed by atoms with Gasteiger partial charge in [0.1, 0.15) is 0 Å². The highest BCUT2D eigenvalue weighted by Gasteiger charge is 2.08. The number of aromatic nitrogens is 5. The molecule has 0 aliphatic carbocycles. The summed E-state index contributed by atoms with van der Waals surface area (Å²) < 4.78 is 6.69. The monoisotopic (exact) mass is 239 g/mol. The number of ether oxygens (including phenoxy) is 1. The Balaban J connectivity index is 2.40. The normalized spacial score (nSPS) is 10.4. The minimum atomic E-state index is 0.0848. The lowest BCUT2D eigenvalue weighted by molar-refractivity contribution is 0.310. The van der Waals surface area contributed by atoms with Crippen molar-refractivity contribution < 1.29 is 4.74 Å². The second-order valence-corrected chi connectivity index (χ2v) is 3.36. The Labute approximate surface area is 97.3 Å². The van der Waals surface area contributed by atoms with Gasteiger partial charge in [-0.1, -0.05) is 0 Å². The molecule has 0 amide bonds. The van der Waals surface area contributed by atoms with Crippen LogP contribution in [0.5, 0.6) is 6.01 Å². The molecule has 0 spiro atoms. The van der Waals surface area contributed by atoms with E-state index in [9.17, 15) is 0 Å². The third-order valence-electron chi connectivity index (χ3n) is 1.78. The van der Waals surface area contributed by atoms with Crippen LogP contribution in [-0.4, -0.2) is 31.3 Å². The van der Waals surface area contributed by atoms with Gasteiger partial charge < -0.3 is 4.74 Å². The highest BCUT2D eigenvalue weighted by Crippen LogP contribution is 2.10. The summed E-state index contributed by atoms with van der Waals surface area (Å²) in [6.45, 7) is 4.19. The van der Waals surface area contributed by atoms with Gasteiger partial charge in [0.25, 0.3) is 5.95 Å². The van der Waals surface area contributed by atoms with E-state index in [2.05, 4.69) is 20.1 Å². The van der Waals surface area contributed by atoms with Crippen molar-refractivity contribution in [1.29, 1.82) is 0 Å².